The molecule has 0 saturated heterocycles. The van der Waals surface area contributed by atoms with Crippen LogP contribution in [-0.2, 0) is 16.0 Å². The van der Waals surface area contributed by atoms with Gasteiger partial charge in [-0.1, -0.05) is 56.7 Å². The fraction of sp³-hybridized carbons (Fsp3) is 0.467. The number of benzene rings is 1. The molecule has 5 rings (SSSR count). The number of aromatic nitrogens is 1. The molecular weight excluding hydrogens is 466 g/mol. The first-order valence-corrected chi connectivity index (χ1v) is 13.6. The second-order valence-electron chi connectivity index (χ2n) is 10.1. The van der Waals surface area contributed by atoms with Crippen molar-refractivity contribution in [1.29, 1.82) is 0 Å². The van der Waals surface area contributed by atoms with Crippen molar-refractivity contribution in [3.8, 4) is 0 Å². The Morgan fingerprint density at radius 1 is 0.973 bits per heavy atom. The van der Waals surface area contributed by atoms with Crippen molar-refractivity contribution in [2.24, 2.45) is 0 Å². The largest absolute Gasteiger partial charge is 0.480 e. The molecule has 3 aromatic rings. The molecule has 4 N–H and O–H groups in total. The van der Waals surface area contributed by atoms with E-state index in [1.54, 1.807) is 18.3 Å². The summed E-state index contributed by atoms with van der Waals surface area (Å²) in [6.45, 7) is 0. The molecule has 198 valence electrons. The molecule has 2 saturated carbocycles. The predicted molar refractivity (Wildman–Crippen MR) is 146 cm³/mol. The topological polar surface area (TPSA) is 107 Å². The number of carbonyl (C=O) groups excluding carboxylic acids is 1. The van der Waals surface area contributed by atoms with Crippen molar-refractivity contribution >= 4 is 28.9 Å². The highest BCUT2D eigenvalue weighted by molar-refractivity contribution is 5.94. The Labute approximate surface area is 218 Å². The number of hydrogen-bond acceptors (Lipinski definition) is 4. The number of hydrogen-bond donors (Lipinski definition) is 4. The number of aromatic amines is 1. The molecular formula is C30H39N3O4. The van der Waals surface area contributed by atoms with Gasteiger partial charge in [0.15, 0.2) is 0 Å². The molecule has 2 aliphatic rings. The highest BCUT2D eigenvalue weighted by Gasteiger charge is 2.21. The molecule has 0 radical (unpaired) electrons. The van der Waals surface area contributed by atoms with Crippen molar-refractivity contribution in [3.63, 3.8) is 0 Å². The molecule has 1 atom stereocenters. The van der Waals surface area contributed by atoms with Crippen LogP contribution in [-0.4, -0.2) is 40.1 Å². The first-order valence-electron chi connectivity index (χ1n) is 13.6. The summed E-state index contributed by atoms with van der Waals surface area (Å²) in [7, 11) is 0. The number of H-pyrrole nitrogens is 1. The monoisotopic (exact) mass is 505 g/mol. The molecule has 1 unspecified atom stereocenters. The van der Waals surface area contributed by atoms with Crippen LogP contribution >= 0.6 is 0 Å². The maximum absolute atomic E-state index is 11.9. The van der Waals surface area contributed by atoms with Crippen LogP contribution in [0.15, 0.2) is 59.4 Å². The van der Waals surface area contributed by atoms with Gasteiger partial charge in [0.25, 0.3) is 0 Å². The smallest absolute Gasteiger partial charge is 0.326 e. The number of fused-ring (bicyclic) bond motifs is 1. The summed E-state index contributed by atoms with van der Waals surface area (Å²) in [4.78, 5) is 26.5. The standard InChI is InChI=1S/C18H16N2O4.C12H23N/c21-17(8-7-13-4-3-9-24-13)20-16(18(22)23)10-12-11-19-15-6-2-1-5-14(12)15;1-3-7-11(8-4-1)13-12-9-5-2-6-10-12/h1-9,11,16,19H,10H2,(H,20,21)(H,22,23);11-13H,1-10H2. The highest BCUT2D eigenvalue weighted by atomic mass is 16.4. The van der Waals surface area contributed by atoms with E-state index in [9.17, 15) is 14.7 Å². The number of furan rings is 1. The zero-order valence-corrected chi connectivity index (χ0v) is 21.5. The molecule has 37 heavy (non-hydrogen) atoms. The molecule has 2 fully saturated rings. The van der Waals surface area contributed by atoms with Crippen LogP contribution in [0.1, 0.15) is 75.5 Å². The number of amides is 1. The summed E-state index contributed by atoms with van der Waals surface area (Å²) in [5.74, 6) is -1.05. The van der Waals surface area contributed by atoms with Crippen LogP contribution in [0.5, 0.6) is 0 Å². The fourth-order valence-corrected chi connectivity index (χ4v) is 5.36. The van der Waals surface area contributed by atoms with Gasteiger partial charge in [-0.15, -0.1) is 0 Å². The van der Waals surface area contributed by atoms with Gasteiger partial charge in [-0.05, 0) is 55.5 Å². The maximum Gasteiger partial charge on any atom is 0.326 e. The molecule has 2 aromatic heterocycles. The molecule has 7 nitrogen and oxygen atoms in total. The summed E-state index contributed by atoms with van der Waals surface area (Å²) in [6.07, 6.45) is 20.8. The minimum Gasteiger partial charge on any atom is -0.480 e. The lowest BCUT2D eigenvalue weighted by molar-refractivity contribution is -0.141. The van der Waals surface area contributed by atoms with Gasteiger partial charge in [0, 0.05) is 41.7 Å². The zero-order valence-electron chi connectivity index (χ0n) is 21.5. The summed E-state index contributed by atoms with van der Waals surface area (Å²) in [5.41, 5.74) is 1.77. The van der Waals surface area contributed by atoms with Crippen molar-refractivity contribution in [2.75, 3.05) is 0 Å². The van der Waals surface area contributed by atoms with Crippen LogP contribution in [0, 0.1) is 0 Å². The number of rotatable bonds is 8. The Bertz CT molecular complexity index is 1120. The van der Waals surface area contributed by atoms with E-state index < -0.39 is 17.9 Å². The van der Waals surface area contributed by atoms with Gasteiger partial charge < -0.3 is 25.1 Å². The van der Waals surface area contributed by atoms with Crippen molar-refractivity contribution in [2.45, 2.75) is 88.8 Å². The average molecular weight is 506 g/mol. The number of carboxylic acids is 1. The molecule has 1 amide bonds. The summed E-state index contributed by atoms with van der Waals surface area (Å²) in [5, 5.41) is 16.7. The quantitative estimate of drug-likeness (QED) is 0.288. The first-order chi connectivity index (χ1) is 18.1. The molecule has 2 aliphatic carbocycles. The Hall–Kier alpha value is -3.32. The van der Waals surface area contributed by atoms with Crippen molar-refractivity contribution in [1.82, 2.24) is 15.6 Å². The average Bonchev–Trinajstić information content (AvgIpc) is 3.59. The third kappa shape index (κ3) is 8.35. The van der Waals surface area contributed by atoms with E-state index in [2.05, 4.69) is 15.6 Å². The van der Waals surface area contributed by atoms with Crippen LogP contribution < -0.4 is 10.6 Å². The Morgan fingerprint density at radius 2 is 1.65 bits per heavy atom. The van der Waals surface area contributed by atoms with E-state index in [1.807, 2.05) is 24.3 Å². The van der Waals surface area contributed by atoms with Gasteiger partial charge in [0.05, 0.1) is 6.26 Å². The molecule has 1 aromatic carbocycles. The van der Waals surface area contributed by atoms with E-state index in [0.717, 1.165) is 28.6 Å². The van der Waals surface area contributed by atoms with Gasteiger partial charge in [0.1, 0.15) is 11.8 Å². The van der Waals surface area contributed by atoms with Crippen LogP contribution in [0.25, 0.3) is 17.0 Å². The normalized spacial score (nSPS) is 17.8. The van der Waals surface area contributed by atoms with E-state index in [1.165, 1.54) is 82.6 Å². The van der Waals surface area contributed by atoms with Gasteiger partial charge in [-0.25, -0.2) is 4.79 Å². The SMILES string of the molecule is C1CCC(NC2CCCCC2)CC1.O=C(C=Cc1ccco1)NC(Cc1c[nH]c2ccccc12)C(=O)O. The molecule has 0 aliphatic heterocycles. The van der Waals surface area contributed by atoms with E-state index in [0.29, 0.717) is 5.76 Å². The second kappa shape index (κ2) is 13.8. The third-order valence-electron chi connectivity index (χ3n) is 7.34. The zero-order chi connectivity index (χ0) is 25.9. The summed E-state index contributed by atoms with van der Waals surface area (Å²) in [6, 6.07) is 11.8. The fourth-order valence-electron chi connectivity index (χ4n) is 5.36. The number of aliphatic carboxylic acids is 1. The lowest BCUT2D eigenvalue weighted by Gasteiger charge is -2.30. The van der Waals surface area contributed by atoms with E-state index in [4.69, 9.17) is 4.42 Å². The van der Waals surface area contributed by atoms with Gasteiger partial charge in [-0.2, -0.15) is 0 Å². The Balaban J connectivity index is 0.000000207. The van der Waals surface area contributed by atoms with Crippen molar-refractivity contribution < 1.29 is 19.1 Å². The third-order valence-corrected chi connectivity index (χ3v) is 7.34. The molecule has 0 spiro atoms. The Kier molecular flexibility index (Phi) is 10.0. The predicted octanol–water partition coefficient (Wildman–Crippen LogP) is 5.83. The van der Waals surface area contributed by atoms with Crippen LogP contribution in [0.4, 0.5) is 0 Å². The van der Waals surface area contributed by atoms with Crippen LogP contribution in [0.3, 0.4) is 0 Å². The summed E-state index contributed by atoms with van der Waals surface area (Å²) >= 11 is 0. The number of nitrogens with one attached hydrogen (secondary N) is 3. The van der Waals surface area contributed by atoms with Gasteiger partial charge in [-0.3, -0.25) is 4.79 Å². The Morgan fingerprint density at radius 3 is 2.27 bits per heavy atom. The molecule has 7 heteroatoms. The molecule has 0 bridgehead atoms. The number of para-hydroxylation sites is 1. The highest BCUT2D eigenvalue weighted by Crippen LogP contribution is 2.23. The lowest BCUT2D eigenvalue weighted by Crippen LogP contribution is -2.41. The number of carboxylic acid groups (broad SMARTS) is 1. The van der Waals surface area contributed by atoms with Gasteiger partial charge in [0.2, 0.25) is 5.91 Å². The number of carbonyl (C=O) groups is 2. The minimum absolute atomic E-state index is 0.194. The van der Waals surface area contributed by atoms with E-state index in [-0.39, 0.29) is 6.42 Å². The second-order valence-corrected chi connectivity index (χ2v) is 10.1. The first kappa shape index (κ1) is 26.7. The lowest BCUT2D eigenvalue weighted by atomic mass is 9.91. The van der Waals surface area contributed by atoms with E-state index >= 15 is 0 Å². The van der Waals surface area contributed by atoms with Gasteiger partial charge >= 0.3 is 5.97 Å². The molecule has 2 heterocycles. The summed E-state index contributed by atoms with van der Waals surface area (Å²) < 4.78 is 5.08. The van der Waals surface area contributed by atoms with Crippen molar-refractivity contribution in [3.05, 3.63) is 66.3 Å². The maximum atomic E-state index is 11.9. The van der Waals surface area contributed by atoms with Crippen LogP contribution in [0.2, 0.25) is 0 Å². The minimum atomic E-state index is -1.08.